The van der Waals surface area contributed by atoms with Crippen LogP contribution in [0.4, 0.5) is 0 Å². The topological polar surface area (TPSA) is 129 Å². The Kier molecular flexibility index (Phi) is 7.56. The SMILES string of the molecule is CN.N/C(=C\N(N)Cc1ccc(Cl)c(C=O)c1)c1c(-c2ccncc2)nc2ccccn12. The van der Waals surface area contributed by atoms with Crippen LogP contribution in [0.3, 0.4) is 0 Å². The van der Waals surface area contributed by atoms with Gasteiger partial charge in [-0.25, -0.2) is 10.8 Å². The summed E-state index contributed by atoms with van der Waals surface area (Å²) in [6.07, 6.45) is 7.69. The van der Waals surface area contributed by atoms with E-state index in [1.54, 1.807) is 30.7 Å². The van der Waals surface area contributed by atoms with E-state index >= 15 is 0 Å². The van der Waals surface area contributed by atoms with E-state index < -0.39 is 0 Å². The first-order valence-electron chi connectivity index (χ1n) is 9.74. The second-order valence-corrected chi connectivity index (χ2v) is 7.11. The summed E-state index contributed by atoms with van der Waals surface area (Å²) in [7, 11) is 1.50. The van der Waals surface area contributed by atoms with Gasteiger partial charge in [0.25, 0.3) is 0 Å². The molecule has 9 heteroatoms. The van der Waals surface area contributed by atoms with Gasteiger partial charge in [-0.15, -0.1) is 0 Å². The lowest BCUT2D eigenvalue weighted by atomic mass is 10.1. The number of benzene rings is 1. The van der Waals surface area contributed by atoms with Crippen LogP contribution < -0.4 is 17.3 Å². The maximum atomic E-state index is 11.1. The second kappa shape index (κ2) is 10.5. The predicted octanol–water partition coefficient (Wildman–Crippen LogP) is 3.07. The zero-order valence-corrected chi connectivity index (χ0v) is 18.3. The molecule has 0 aliphatic rings. The Bertz CT molecular complexity index is 1240. The number of aldehydes is 1. The highest BCUT2D eigenvalue weighted by Crippen LogP contribution is 2.27. The maximum Gasteiger partial charge on any atom is 0.151 e. The second-order valence-electron chi connectivity index (χ2n) is 6.70. The molecule has 4 rings (SSSR count). The monoisotopic (exact) mass is 449 g/mol. The number of nitrogens with two attached hydrogens (primary N) is 3. The van der Waals surface area contributed by atoms with Crippen molar-refractivity contribution in [2.45, 2.75) is 6.54 Å². The summed E-state index contributed by atoms with van der Waals surface area (Å²) in [4.78, 5) is 19.9. The van der Waals surface area contributed by atoms with E-state index in [9.17, 15) is 4.79 Å². The lowest BCUT2D eigenvalue weighted by Crippen LogP contribution is -2.26. The molecule has 32 heavy (non-hydrogen) atoms. The smallest absolute Gasteiger partial charge is 0.151 e. The quantitative estimate of drug-likeness (QED) is 0.234. The Balaban J connectivity index is 0.00000141. The van der Waals surface area contributed by atoms with Crippen molar-refractivity contribution in [3.05, 3.63) is 95.2 Å². The minimum atomic E-state index is 0.347. The Morgan fingerprint density at radius 3 is 2.62 bits per heavy atom. The van der Waals surface area contributed by atoms with Crippen LogP contribution in [0.5, 0.6) is 0 Å². The molecule has 6 N–H and O–H groups in total. The van der Waals surface area contributed by atoms with Crippen LogP contribution in [0.2, 0.25) is 5.02 Å². The number of nitrogens with zero attached hydrogens (tertiary/aromatic N) is 4. The number of carbonyl (C=O) groups excluding carboxylic acids is 1. The summed E-state index contributed by atoms with van der Waals surface area (Å²) in [6, 6.07) is 14.7. The average molecular weight is 450 g/mol. The molecule has 0 aliphatic carbocycles. The zero-order chi connectivity index (χ0) is 23.1. The van der Waals surface area contributed by atoms with Gasteiger partial charge in [-0.3, -0.25) is 14.2 Å². The summed E-state index contributed by atoms with van der Waals surface area (Å²) >= 11 is 5.99. The number of hydrogen-bond acceptors (Lipinski definition) is 7. The molecule has 1 aromatic carbocycles. The highest BCUT2D eigenvalue weighted by atomic mass is 35.5. The third-order valence-electron chi connectivity index (χ3n) is 4.61. The maximum absolute atomic E-state index is 11.1. The third kappa shape index (κ3) is 4.94. The van der Waals surface area contributed by atoms with Crippen LogP contribution in [-0.2, 0) is 6.54 Å². The molecule has 4 aromatic rings. The number of hydrazine groups is 1. The first-order valence-corrected chi connectivity index (χ1v) is 10.1. The number of pyridine rings is 2. The fourth-order valence-electron chi connectivity index (χ4n) is 3.26. The largest absolute Gasteiger partial charge is 0.396 e. The van der Waals surface area contributed by atoms with Gasteiger partial charge in [0.05, 0.1) is 28.7 Å². The Morgan fingerprint density at radius 1 is 1.16 bits per heavy atom. The number of rotatable bonds is 6. The summed E-state index contributed by atoms with van der Waals surface area (Å²) < 4.78 is 1.92. The van der Waals surface area contributed by atoms with Crippen LogP contribution in [0.25, 0.3) is 22.6 Å². The number of aromatic nitrogens is 3. The fraction of sp³-hybridized carbons (Fsp3) is 0.0870. The van der Waals surface area contributed by atoms with Crippen molar-refractivity contribution in [1.82, 2.24) is 19.4 Å². The van der Waals surface area contributed by atoms with Crippen LogP contribution in [0.15, 0.2) is 73.3 Å². The van der Waals surface area contributed by atoms with Crippen molar-refractivity contribution in [1.29, 1.82) is 0 Å². The molecule has 0 aliphatic heterocycles. The summed E-state index contributed by atoms with van der Waals surface area (Å²) in [5.41, 5.74) is 15.8. The molecule has 0 radical (unpaired) electrons. The minimum absolute atomic E-state index is 0.347. The van der Waals surface area contributed by atoms with E-state index in [0.717, 1.165) is 34.4 Å². The summed E-state index contributed by atoms with van der Waals surface area (Å²) in [6.45, 7) is 0.347. The molecule has 0 bridgehead atoms. The number of fused-ring (bicyclic) bond motifs is 1. The van der Waals surface area contributed by atoms with Crippen LogP contribution >= 0.6 is 11.6 Å². The molecule has 8 nitrogen and oxygen atoms in total. The Morgan fingerprint density at radius 2 is 1.91 bits per heavy atom. The molecular weight excluding hydrogens is 426 g/mol. The van der Waals surface area contributed by atoms with Gasteiger partial charge < -0.3 is 16.5 Å². The third-order valence-corrected chi connectivity index (χ3v) is 4.96. The van der Waals surface area contributed by atoms with Crippen LogP contribution in [0.1, 0.15) is 21.6 Å². The lowest BCUT2D eigenvalue weighted by Gasteiger charge is -2.16. The molecule has 0 amide bonds. The van der Waals surface area contributed by atoms with Crippen molar-refractivity contribution >= 4 is 29.2 Å². The van der Waals surface area contributed by atoms with E-state index in [1.807, 2.05) is 47.0 Å². The molecule has 0 unspecified atom stereocenters. The lowest BCUT2D eigenvalue weighted by molar-refractivity contribution is 0.112. The van der Waals surface area contributed by atoms with E-state index in [0.29, 0.717) is 22.8 Å². The van der Waals surface area contributed by atoms with Crippen molar-refractivity contribution < 1.29 is 4.79 Å². The number of carbonyl (C=O) groups is 1. The minimum Gasteiger partial charge on any atom is -0.396 e. The Labute approximate surface area is 190 Å². The van der Waals surface area contributed by atoms with Gasteiger partial charge >= 0.3 is 0 Å². The average Bonchev–Trinajstić information content (AvgIpc) is 3.22. The van der Waals surface area contributed by atoms with E-state index in [-0.39, 0.29) is 0 Å². The molecule has 3 heterocycles. The van der Waals surface area contributed by atoms with E-state index in [4.69, 9.17) is 28.2 Å². The van der Waals surface area contributed by atoms with Crippen molar-refractivity contribution in [3.63, 3.8) is 0 Å². The number of hydrogen-bond donors (Lipinski definition) is 3. The molecule has 0 saturated carbocycles. The molecule has 0 saturated heterocycles. The molecule has 0 spiro atoms. The first-order chi connectivity index (χ1) is 15.6. The van der Waals surface area contributed by atoms with Crippen LogP contribution in [0, 0.1) is 0 Å². The van der Waals surface area contributed by atoms with E-state index in [2.05, 4.69) is 10.7 Å². The molecule has 0 atom stereocenters. The van der Waals surface area contributed by atoms with Crippen molar-refractivity contribution in [2.75, 3.05) is 7.05 Å². The fourth-order valence-corrected chi connectivity index (χ4v) is 3.42. The molecular formula is C23H24ClN7O. The van der Waals surface area contributed by atoms with E-state index in [1.165, 1.54) is 12.1 Å². The zero-order valence-electron chi connectivity index (χ0n) is 17.5. The van der Waals surface area contributed by atoms with Crippen molar-refractivity contribution in [3.8, 4) is 11.3 Å². The Hall–Kier alpha value is -3.72. The van der Waals surface area contributed by atoms with Gasteiger partial charge in [0.2, 0.25) is 0 Å². The highest BCUT2D eigenvalue weighted by Gasteiger charge is 2.16. The van der Waals surface area contributed by atoms with Gasteiger partial charge in [0, 0.05) is 35.9 Å². The standard InChI is InChI=1S/C22H19ClN6O.CH5N/c23-18-5-4-15(11-17(18)14-30)12-28(25)13-19(24)22-21(16-6-8-26-9-7-16)27-20-3-1-2-10-29(20)22;1-2/h1-11,13-14H,12,24-25H2;2H2,1H3/b19-13-;. The molecule has 3 aromatic heterocycles. The normalized spacial score (nSPS) is 11.1. The predicted molar refractivity (Wildman–Crippen MR) is 127 cm³/mol. The first kappa shape index (κ1) is 23.0. The number of imidazole rings is 1. The van der Waals surface area contributed by atoms with Gasteiger partial charge in [0.15, 0.2) is 6.29 Å². The highest BCUT2D eigenvalue weighted by molar-refractivity contribution is 6.32. The van der Waals surface area contributed by atoms with Gasteiger partial charge in [-0.1, -0.05) is 23.7 Å². The van der Waals surface area contributed by atoms with Gasteiger partial charge in [-0.05, 0) is 49.0 Å². The molecule has 164 valence electrons. The van der Waals surface area contributed by atoms with Crippen LogP contribution in [-0.4, -0.2) is 32.7 Å². The van der Waals surface area contributed by atoms with Crippen molar-refractivity contribution in [2.24, 2.45) is 17.3 Å². The van der Waals surface area contributed by atoms with Gasteiger partial charge in [-0.2, -0.15) is 0 Å². The number of halogens is 1. The summed E-state index contributed by atoms with van der Waals surface area (Å²) in [5, 5.41) is 1.87. The molecule has 0 fully saturated rings. The summed E-state index contributed by atoms with van der Waals surface area (Å²) in [5.74, 6) is 6.19. The van der Waals surface area contributed by atoms with Gasteiger partial charge in [0.1, 0.15) is 5.65 Å².